The molecule has 0 aliphatic rings. The van der Waals surface area contributed by atoms with Gasteiger partial charge in [-0.2, -0.15) is 5.10 Å². The van der Waals surface area contributed by atoms with Crippen molar-refractivity contribution in [3.63, 3.8) is 0 Å². The van der Waals surface area contributed by atoms with E-state index in [1.165, 1.54) is 0 Å². The van der Waals surface area contributed by atoms with Gasteiger partial charge in [-0.05, 0) is 49.6 Å². The average Bonchev–Trinajstić information content (AvgIpc) is 2.75. The number of anilines is 2. The van der Waals surface area contributed by atoms with Gasteiger partial charge < -0.3 is 11.1 Å². The lowest BCUT2D eigenvalue weighted by Crippen LogP contribution is -2.17. The van der Waals surface area contributed by atoms with Crippen LogP contribution in [0, 0.1) is 13.8 Å². The van der Waals surface area contributed by atoms with Crippen LogP contribution in [0.5, 0.6) is 0 Å². The molecule has 5 heteroatoms. The van der Waals surface area contributed by atoms with E-state index in [4.69, 9.17) is 5.73 Å². The number of nitrogens with two attached hydrogens (primary N) is 1. The zero-order valence-electron chi connectivity index (χ0n) is 12.3. The number of nitrogens with one attached hydrogen (secondary N) is 1. The van der Waals surface area contributed by atoms with Gasteiger partial charge in [-0.25, -0.2) is 0 Å². The predicted octanol–water partition coefficient (Wildman–Crippen LogP) is 2.43. The molecule has 0 fully saturated rings. The van der Waals surface area contributed by atoms with E-state index in [2.05, 4.69) is 10.4 Å². The minimum atomic E-state index is -0.157. The standard InChI is InChI=1S/C15H20N4O/c1-5-12-8-13(19(4)18-12)15(20)17-14-9(2)6-11(16)7-10(14)3/h6-8H,5,16H2,1-4H3,(H,17,20). The number of hydrogen-bond donors (Lipinski definition) is 2. The molecule has 20 heavy (non-hydrogen) atoms. The molecule has 0 aliphatic heterocycles. The Morgan fingerprint density at radius 2 is 1.90 bits per heavy atom. The van der Waals surface area contributed by atoms with Gasteiger partial charge in [0.1, 0.15) is 5.69 Å². The van der Waals surface area contributed by atoms with Crippen molar-refractivity contribution in [3.05, 3.63) is 40.7 Å². The van der Waals surface area contributed by atoms with Crippen molar-refractivity contribution in [1.29, 1.82) is 0 Å². The van der Waals surface area contributed by atoms with Crippen molar-refractivity contribution in [2.24, 2.45) is 7.05 Å². The Bertz CT molecular complexity index is 635. The molecular weight excluding hydrogens is 252 g/mol. The lowest BCUT2D eigenvalue weighted by molar-refractivity contribution is 0.101. The monoisotopic (exact) mass is 272 g/mol. The van der Waals surface area contributed by atoms with Gasteiger partial charge >= 0.3 is 0 Å². The largest absolute Gasteiger partial charge is 0.399 e. The van der Waals surface area contributed by atoms with Crippen molar-refractivity contribution in [3.8, 4) is 0 Å². The molecule has 1 aromatic heterocycles. The van der Waals surface area contributed by atoms with E-state index < -0.39 is 0 Å². The fourth-order valence-electron chi connectivity index (χ4n) is 2.28. The van der Waals surface area contributed by atoms with E-state index in [1.807, 2.05) is 39.0 Å². The van der Waals surface area contributed by atoms with Gasteiger partial charge in [0.15, 0.2) is 0 Å². The van der Waals surface area contributed by atoms with Crippen LogP contribution >= 0.6 is 0 Å². The number of carbonyl (C=O) groups excluding carboxylic acids is 1. The molecule has 5 nitrogen and oxygen atoms in total. The molecule has 0 unspecified atom stereocenters. The summed E-state index contributed by atoms with van der Waals surface area (Å²) in [6, 6.07) is 5.52. The first-order chi connectivity index (χ1) is 9.42. The maximum atomic E-state index is 12.4. The first-order valence-electron chi connectivity index (χ1n) is 6.63. The molecule has 2 aromatic rings. The first-order valence-corrected chi connectivity index (χ1v) is 6.63. The second-order valence-electron chi connectivity index (χ2n) is 4.98. The molecule has 3 N–H and O–H groups in total. The SMILES string of the molecule is CCc1cc(C(=O)Nc2c(C)cc(N)cc2C)n(C)n1. The zero-order chi connectivity index (χ0) is 14.9. The smallest absolute Gasteiger partial charge is 0.273 e. The Labute approximate surface area is 118 Å². The number of rotatable bonds is 3. The number of amides is 1. The average molecular weight is 272 g/mol. The molecular formula is C15H20N4O. The quantitative estimate of drug-likeness (QED) is 0.843. The summed E-state index contributed by atoms with van der Waals surface area (Å²) in [5.74, 6) is -0.157. The third-order valence-corrected chi connectivity index (χ3v) is 3.32. The van der Waals surface area contributed by atoms with Crippen LogP contribution in [0.2, 0.25) is 0 Å². The normalized spacial score (nSPS) is 10.6. The predicted molar refractivity (Wildman–Crippen MR) is 80.9 cm³/mol. The lowest BCUT2D eigenvalue weighted by atomic mass is 10.1. The highest BCUT2D eigenvalue weighted by Crippen LogP contribution is 2.24. The van der Waals surface area contributed by atoms with E-state index in [0.717, 1.165) is 28.9 Å². The number of nitrogens with zero attached hydrogens (tertiary/aromatic N) is 2. The van der Waals surface area contributed by atoms with Crippen LogP contribution in [0.1, 0.15) is 34.2 Å². The summed E-state index contributed by atoms with van der Waals surface area (Å²) in [5.41, 5.74) is 10.7. The van der Waals surface area contributed by atoms with Crippen molar-refractivity contribution in [2.75, 3.05) is 11.1 Å². The second kappa shape index (κ2) is 5.36. The topological polar surface area (TPSA) is 72.9 Å². The minimum Gasteiger partial charge on any atom is -0.399 e. The summed E-state index contributed by atoms with van der Waals surface area (Å²) in [5, 5.41) is 7.23. The molecule has 0 radical (unpaired) electrons. The van der Waals surface area contributed by atoms with Gasteiger partial charge in [0.05, 0.1) is 5.69 Å². The van der Waals surface area contributed by atoms with Crippen molar-refractivity contribution in [1.82, 2.24) is 9.78 Å². The molecule has 0 spiro atoms. The van der Waals surface area contributed by atoms with E-state index in [1.54, 1.807) is 11.7 Å². The first kappa shape index (κ1) is 14.1. The number of aryl methyl sites for hydroxylation is 4. The molecule has 2 rings (SSSR count). The third kappa shape index (κ3) is 2.66. The summed E-state index contributed by atoms with van der Waals surface area (Å²) in [7, 11) is 1.77. The van der Waals surface area contributed by atoms with E-state index in [9.17, 15) is 4.79 Å². The highest BCUT2D eigenvalue weighted by atomic mass is 16.2. The van der Waals surface area contributed by atoms with Crippen LogP contribution in [-0.4, -0.2) is 15.7 Å². The van der Waals surface area contributed by atoms with Gasteiger partial charge in [0, 0.05) is 18.4 Å². The van der Waals surface area contributed by atoms with E-state index >= 15 is 0 Å². The molecule has 1 aromatic carbocycles. The number of aromatic nitrogens is 2. The van der Waals surface area contributed by atoms with Gasteiger partial charge in [-0.1, -0.05) is 6.92 Å². The van der Waals surface area contributed by atoms with Crippen LogP contribution in [-0.2, 0) is 13.5 Å². The molecule has 106 valence electrons. The lowest BCUT2D eigenvalue weighted by Gasteiger charge is -2.12. The summed E-state index contributed by atoms with van der Waals surface area (Å²) in [6.07, 6.45) is 0.807. The molecule has 1 heterocycles. The van der Waals surface area contributed by atoms with E-state index in [0.29, 0.717) is 11.4 Å². The fourth-order valence-corrected chi connectivity index (χ4v) is 2.28. The number of nitrogen functional groups attached to an aromatic ring is 1. The highest BCUT2D eigenvalue weighted by molar-refractivity contribution is 6.04. The van der Waals surface area contributed by atoms with Crippen LogP contribution in [0.3, 0.4) is 0 Å². The van der Waals surface area contributed by atoms with Gasteiger partial charge in [0.2, 0.25) is 0 Å². The Balaban J connectivity index is 2.30. The second-order valence-corrected chi connectivity index (χ2v) is 4.98. The maximum Gasteiger partial charge on any atom is 0.273 e. The van der Waals surface area contributed by atoms with Gasteiger partial charge in [0.25, 0.3) is 5.91 Å². The zero-order valence-corrected chi connectivity index (χ0v) is 12.3. The van der Waals surface area contributed by atoms with Crippen LogP contribution in [0.25, 0.3) is 0 Å². The molecule has 0 saturated carbocycles. The van der Waals surface area contributed by atoms with Gasteiger partial charge in [-0.3, -0.25) is 9.48 Å². The maximum absolute atomic E-state index is 12.4. The number of benzene rings is 1. The summed E-state index contributed by atoms with van der Waals surface area (Å²) in [4.78, 5) is 12.4. The molecule has 0 bridgehead atoms. The van der Waals surface area contributed by atoms with Gasteiger partial charge in [-0.15, -0.1) is 0 Å². The van der Waals surface area contributed by atoms with Crippen LogP contribution in [0.15, 0.2) is 18.2 Å². The molecule has 0 saturated heterocycles. The molecule has 0 aliphatic carbocycles. The number of carbonyl (C=O) groups is 1. The Hall–Kier alpha value is -2.30. The van der Waals surface area contributed by atoms with Crippen molar-refractivity contribution >= 4 is 17.3 Å². The third-order valence-electron chi connectivity index (χ3n) is 3.32. The molecule has 1 amide bonds. The summed E-state index contributed by atoms with van der Waals surface area (Å²) < 4.78 is 1.61. The van der Waals surface area contributed by atoms with Crippen molar-refractivity contribution < 1.29 is 4.79 Å². The number of hydrogen-bond acceptors (Lipinski definition) is 3. The summed E-state index contributed by atoms with van der Waals surface area (Å²) in [6.45, 7) is 5.87. The fraction of sp³-hybridized carbons (Fsp3) is 0.333. The Kier molecular flexibility index (Phi) is 3.79. The molecule has 0 atom stereocenters. The Morgan fingerprint density at radius 3 is 2.40 bits per heavy atom. The minimum absolute atomic E-state index is 0.157. The summed E-state index contributed by atoms with van der Waals surface area (Å²) >= 11 is 0. The van der Waals surface area contributed by atoms with E-state index in [-0.39, 0.29) is 5.91 Å². The van der Waals surface area contributed by atoms with Crippen LogP contribution in [0.4, 0.5) is 11.4 Å². The Morgan fingerprint density at radius 1 is 1.30 bits per heavy atom. The highest BCUT2D eigenvalue weighted by Gasteiger charge is 2.15. The van der Waals surface area contributed by atoms with Crippen LogP contribution < -0.4 is 11.1 Å². The van der Waals surface area contributed by atoms with Crippen molar-refractivity contribution in [2.45, 2.75) is 27.2 Å².